The van der Waals surface area contributed by atoms with Crippen LogP contribution >= 0.6 is 0 Å². The number of nitrogens with one attached hydrogen (secondary N) is 1. The molecule has 0 bridgehead atoms. The number of hydrogen-bond donors (Lipinski definition) is 2. The first kappa shape index (κ1) is 18.3. The largest absolute Gasteiger partial charge is 0.372 e. The van der Waals surface area contributed by atoms with Crippen LogP contribution in [-0.2, 0) is 13.0 Å². The Labute approximate surface area is 157 Å². The fourth-order valence-electron chi connectivity index (χ4n) is 3.29. The van der Waals surface area contributed by atoms with Gasteiger partial charge in [-0.05, 0) is 48.4 Å². The smallest absolute Gasteiger partial charge is 0.188 e. The lowest BCUT2D eigenvalue weighted by Crippen LogP contribution is -2.33. The van der Waals surface area contributed by atoms with Crippen LogP contribution in [0.25, 0.3) is 0 Å². The van der Waals surface area contributed by atoms with Gasteiger partial charge in [0.05, 0.1) is 6.54 Å². The summed E-state index contributed by atoms with van der Waals surface area (Å²) >= 11 is 0. The van der Waals surface area contributed by atoms with Gasteiger partial charge in [-0.3, -0.25) is 0 Å². The Hall–Kier alpha value is -2.49. The number of piperidine rings is 1. The average Bonchev–Trinajstić information content (AvgIpc) is 2.68. The van der Waals surface area contributed by atoms with Crippen molar-refractivity contribution >= 4 is 11.6 Å². The molecule has 0 atom stereocenters. The van der Waals surface area contributed by atoms with Gasteiger partial charge in [-0.1, -0.05) is 49.4 Å². The van der Waals surface area contributed by atoms with Crippen molar-refractivity contribution < 1.29 is 0 Å². The summed E-state index contributed by atoms with van der Waals surface area (Å²) in [5.74, 6) is 1.37. The summed E-state index contributed by atoms with van der Waals surface area (Å²) in [6.07, 6.45) is 3.52. The fourth-order valence-corrected chi connectivity index (χ4v) is 3.29. The highest BCUT2D eigenvalue weighted by Gasteiger charge is 2.15. The molecule has 0 amide bonds. The highest BCUT2D eigenvalue weighted by atomic mass is 15.1. The van der Waals surface area contributed by atoms with Crippen molar-refractivity contribution in [2.75, 3.05) is 24.5 Å². The molecular weight excluding hydrogens is 320 g/mol. The Morgan fingerprint density at radius 3 is 2.42 bits per heavy atom. The van der Waals surface area contributed by atoms with Crippen molar-refractivity contribution in [2.24, 2.45) is 16.6 Å². The first-order chi connectivity index (χ1) is 12.7. The summed E-state index contributed by atoms with van der Waals surface area (Å²) in [6, 6.07) is 19.1. The molecule has 0 spiro atoms. The maximum Gasteiger partial charge on any atom is 0.188 e. The van der Waals surface area contributed by atoms with E-state index in [1.54, 1.807) is 0 Å². The number of nitrogens with two attached hydrogens (primary N) is 1. The third-order valence-corrected chi connectivity index (χ3v) is 5.08. The van der Waals surface area contributed by atoms with Crippen LogP contribution in [0.15, 0.2) is 59.6 Å². The van der Waals surface area contributed by atoms with Gasteiger partial charge in [-0.25, -0.2) is 4.99 Å². The predicted molar refractivity (Wildman–Crippen MR) is 111 cm³/mol. The van der Waals surface area contributed by atoms with E-state index in [-0.39, 0.29) is 0 Å². The van der Waals surface area contributed by atoms with Crippen LogP contribution in [0, 0.1) is 5.92 Å². The number of rotatable bonds is 6. The van der Waals surface area contributed by atoms with E-state index in [0.29, 0.717) is 12.5 Å². The van der Waals surface area contributed by atoms with Gasteiger partial charge in [0.1, 0.15) is 0 Å². The van der Waals surface area contributed by atoms with E-state index in [4.69, 9.17) is 5.73 Å². The van der Waals surface area contributed by atoms with Crippen molar-refractivity contribution in [3.05, 3.63) is 65.7 Å². The van der Waals surface area contributed by atoms with Crippen LogP contribution < -0.4 is 16.0 Å². The van der Waals surface area contributed by atoms with Crippen molar-refractivity contribution in [3.63, 3.8) is 0 Å². The van der Waals surface area contributed by atoms with E-state index in [1.807, 2.05) is 6.07 Å². The Balaban J connectivity index is 1.44. The molecule has 138 valence electrons. The highest BCUT2D eigenvalue weighted by Crippen LogP contribution is 2.23. The second-order valence-electron chi connectivity index (χ2n) is 7.20. The summed E-state index contributed by atoms with van der Waals surface area (Å²) in [5, 5.41) is 3.19. The molecule has 2 aromatic rings. The van der Waals surface area contributed by atoms with Crippen LogP contribution in [0.2, 0.25) is 0 Å². The highest BCUT2D eigenvalue weighted by molar-refractivity contribution is 5.77. The van der Waals surface area contributed by atoms with Crippen LogP contribution in [0.1, 0.15) is 30.9 Å². The van der Waals surface area contributed by atoms with Gasteiger partial charge in [0, 0.05) is 25.3 Å². The molecule has 0 radical (unpaired) electrons. The molecular formula is C22H30N4. The van der Waals surface area contributed by atoms with Gasteiger partial charge in [-0.2, -0.15) is 0 Å². The first-order valence-corrected chi connectivity index (χ1v) is 9.62. The summed E-state index contributed by atoms with van der Waals surface area (Å²) in [6.45, 7) is 6.08. The SMILES string of the molecule is CC1CCN(c2ccc(CN=C(N)NCCc3ccccc3)cc2)CC1. The van der Waals surface area contributed by atoms with Gasteiger partial charge < -0.3 is 16.0 Å². The van der Waals surface area contributed by atoms with Gasteiger partial charge in [-0.15, -0.1) is 0 Å². The molecule has 3 N–H and O–H groups in total. The van der Waals surface area contributed by atoms with E-state index in [0.717, 1.165) is 32.0 Å². The molecule has 0 saturated carbocycles. The maximum absolute atomic E-state index is 5.98. The number of anilines is 1. The second kappa shape index (κ2) is 9.27. The fraction of sp³-hybridized carbons (Fsp3) is 0.409. The maximum atomic E-state index is 5.98. The monoisotopic (exact) mass is 350 g/mol. The van der Waals surface area contributed by atoms with Crippen LogP contribution in [-0.4, -0.2) is 25.6 Å². The Kier molecular flexibility index (Phi) is 6.53. The van der Waals surface area contributed by atoms with E-state index >= 15 is 0 Å². The summed E-state index contributed by atoms with van der Waals surface area (Å²) in [4.78, 5) is 6.93. The molecule has 2 aromatic carbocycles. The number of nitrogens with zero attached hydrogens (tertiary/aromatic N) is 2. The normalized spacial score (nSPS) is 15.9. The molecule has 4 heteroatoms. The van der Waals surface area contributed by atoms with Crippen molar-refractivity contribution in [2.45, 2.75) is 32.7 Å². The number of aliphatic imine (C=N–C) groups is 1. The number of benzene rings is 2. The van der Waals surface area contributed by atoms with E-state index in [1.165, 1.54) is 29.7 Å². The molecule has 0 aromatic heterocycles. The van der Waals surface area contributed by atoms with Crippen molar-refractivity contribution in [1.82, 2.24) is 5.32 Å². The van der Waals surface area contributed by atoms with Crippen LogP contribution in [0.3, 0.4) is 0 Å². The van der Waals surface area contributed by atoms with Gasteiger partial charge in [0.2, 0.25) is 0 Å². The quantitative estimate of drug-likeness (QED) is 0.618. The standard InChI is InChI=1S/C22H30N4/c1-18-12-15-26(16-13-18)21-9-7-20(8-10-21)17-25-22(23)24-14-11-19-5-3-2-4-6-19/h2-10,18H,11-17H2,1H3,(H3,23,24,25). The Morgan fingerprint density at radius 2 is 1.73 bits per heavy atom. The lowest BCUT2D eigenvalue weighted by molar-refractivity contribution is 0.438. The molecule has 1 fully saturated rings. The third kappa shape index (κ3) is 5.51. The summed E-state index contributed by atoms with van der Waals surface area (Å²) in [7, 11) is 0. The van der Waals surface area contributed by atoms with Crippen LogP contribution in [0.4, 0.5) is 5.69 Å². The van der Waals surface area contributed by atoms with Crippen molar-refractivity contribution in [1.29, 1.82) is 0 Å². The molecule has 0 unspecified atom stereocenters. The topological polar surface area (TPSA) is 53.6 Å². The molecule has 26 heavy (non-hydrogen) atoms. The predicted octanol–water partition coefficient (Wildman–Crippen LogP) is 3.57. The minimum Gasteiger partial charge on any atom is -0.372 e. The second-order valence-corrected chi connectivity index (χ2v) is 7.20. The zero-order chi connectivity index (χ0) is 18.2. The Morgan fingerprint density at radius 1 is 1.04 bits per heavy atom. The van der Waals surface area contributed by atoms with E-state index < -0.39 is 0 Å². The molecule has 0 aliphatic carbocycles. The molecule has 1 saturated heterocycles. The zero-order valence-electron chi connectivity index (χ0n) is 15.7. The third-order valence-electron chi connectivity index (χ3n) is 5.08. The average molecular weight is 351 g/mol. The molecule has 1 aliphatic heterocycles. The van der Waals surface area contributed by atoms with Crippen LogP contribution in [0.5, 0.6) is 0 Å². The lowest BCUT2D eigenvalue weighted by Gasteiger charge is -2.32. The number of hydrogen-bond acceptors (Lipinski definition) is 2. The number of guanidine groups is 1. The lowest BCUT2D eigenvalue weighted by atomic mass is 9.99. The minimum absolute atomic E-state index is 0.509. The molecule has 4 nitrogen and oxygen atoms in total. The minimum atomic E-state index is 0.509. The first-order valence-electron chi connectivity index (χ1n) is 9.62. The molecule has 3 rings (SSSR count). The van der Waals surface area contributed by atoms with Gasteiger partial charge in [0.25, 0.3) is 0 Å². The van der Waals surface area contributed by atoms with Crippen molar-refractivity contribution in [3.8, 4) is 0 Å². The molecule has 1 heterocycles. The van der Waals surface area contributed by atoms with Gasteiger partial charge in [0.15, 0.2) is 5.96 Å². The summed E-state index contributed by atoms with van der Waals surface area (Å²) < 4.78 is 0. The molecule has 1 aliphatic rings. The van der Waals surface area contributed by atoms with E-state index in [2.05, 4.69) is 70.7 Å². The Bertz CT molecular complexity index is 686. The van der Waals surface area contributed by atoms with E-state index in [9.17, 15) is 0 Å². The van der Waals surface area contributed by atoms with Gasteiger partial charge >= 0.3 is 0 Å². The summed E-state index contributed by atoms with van der Waals surface area (Å²) in [5.41, 5.74) is 9.78. The zero-order valence-corrected chi connectivity index (χ0v) is 15.7.